The zero-order valence-corrected chi connectivity index (χ0v) is 7.42. The molecule has 0 nitrogen and oxygen atoms in total. The van der Waals surface area contributed by atoms with Crippen molar-refractivity contribution in [2.75, 3.05) is 0 Å². The van der Waals surface area contributed by atoms with Gasteiger partial charge in [0.2, 0.25) is 0 Å². The van der Waals surface area contributed by atoms with Gasteiger partial charge in [0.15, 0.2) is 0 Å². The van der Waals surface area contributed by atoms with Gasteiger partial charge in [-0.3, -0.25) is 0 Å². The van der Waals surface area contributed by atoms with Crippen LogP contribution in [0.5, 0.6) is 0 Å². The van der Waals surface area contributed by atoms with Gasteiger partial charge in [0.25, 0.3) is 0 Å². The average Bonchev–Trinajstić information content (AvgIpc) is 1.82. The molecule has 0 radical (unpaired) electrons. The number of rotatable bonds is 0. The molecule has 0 heterocycles. The van der Waals surface area contributed by atoms with Crippen molar-refractivity contribution in [1.82, 2.24) is 0 Å². The molecule has 0 aliphatic rings. The summed E-state index contributed by atoms with van der Waals surface area (Å²) in [6.07, 6.45) is 0. The maximum Gasteiger partial charge on any atom is 0.0452 e. The second-order valence-electron chi connectivity index (χ2n) is 2.35. The van der Waals surface area contributed by atoms with Gasteiger partial charge in [-0.05, 0) is 37.1 Å². The Bertz CT molecular complexity index is 230. The van der Waals surface area contributed by atoms with Gasteiger partial charge in [-0.15, -0.1) is 0 Å². The molecule has 0 unspecified atom stereocenters. The Labute approximate surface area is 70.8 Å². The lowest BCUT2D eigenvalue weighted by Gasteiger charge is -2.01. The highest BCUT2D eigenvalue weighted by Crippen LogP contribution is 2.24. The molecule has 0 N–H and O–H groups in total. The highest BCUT2D eigenvalue weighted by Gasteiger charge is 1.99. The quantitative estimate of drug-likeness (QED) is 0.564. The first-order chi connectivity index (χ1) is 4.61. The smallest absolute Gasteiger partial charge is 0.0452 e. The predicted molar refractivity (Wildman–Crippen MR) is 45.9 cm³/mol. The summed E-state index contributed by atoms with van der Waals surface area (Å²) in [6, 6.07) is 3.81. The number of benzene rings is 1. The molecule has 0 saturated carbocycles. The molecule has 0 aliphatic carbocycles. The van der Waals surface area contributed by atoms with E-state index in [-0.39, 0.29) is 0 Å². The molecule has 2 heteroatoms. The van der Waals surface area contributed by atoms with Crippen molar-refractivity contribution >= 4 is 23.2 Å². The average molecular weight is 175 g/mol. The molecule has 0 aliphatic heterocycles. The highest BCUT2D eigenvalue weighted by molar-refractivity contribution is 6.36. The molecule has 1 aromatic rings. The van der Waals surface area contributed by atoms with Gasteiger partial charge in [0.05, 0.1) is 0 Å². The van der Waals surface area contributed by atoms with E-state index in [0.717, 1.165) is 21.2 Å². The Hall–Kier alpha value is -0.200. The van der Waals surface area contributed by atoms with E-state index < -0.39 is 0 Å². The van der Waals surface area contributed by atoms with Crippen LogP contribution in [0.15, 0.2) is 12.1 Å². The first-order valence-corrected chi connectivity index (χ1v) is 3.79. The van der Waals surface area contributed by atoms with Crippen LogP contribution < -0.4 is 0 Å². The van der Waals surface area contributed by atoms with Gasteiger partial charge in [-0.1, -0.05) is 23.2 Å². The monoisotopic (exact) mass is 174 g/mol. The molecule has 54 valence electrons. The normalized spacial score (nSPS) is 10.0. The second-order valence-corrected chi connectivity index (χ2v) is 3.17. The standard InChI is InChI=1S/C8H8Cl2/c1-5-3-7(9)6(2)8(10)4-5/h3-4H,1-2H3. The van der Waals surface area contributed by atoms with Crippen LogP contribution >= 0.6 is 23.2 Å². The third-order valence-corrected chi connectivity index (χ3v) is 2.21. The lowest BCUT2D eigenvalue weighted by molar-refractivity contribution is 1.40. The van der Waals surface area contributed by atoms with Crippen LogP contribution in [0.1, 0.15) is 11.1 Å². The molecule has 0 fully saturated rings. The van der Waals surface area contributed by atoms with Crippen molar-refractivity contribution < 1.29 is 0 Å². The van der Waals surface area contributed by atoms with Gasteiger partial charge < -0.3 is 0 Å². The van der Waals surface area contributed by atoms with Crippen LogP contribution in [0.3, 0.4) is 0 Å². The van der Waals surface area contributed by atoms with E-state index in [0.29, 0.717) is 0 Å². The third-order valence-electron chi connectivity index (χ3n) is 1.43. The summed E-state index contributed by atoms with van der Waals surface area (Å²) in [6.45, 7) is 3.88. The first-order valence-electron chi connectivity index (χ1n) is 3.03. The summed E-state index contributed by atoms with van der Waals surface area (Å²) in [5, 5.41) is 1.48. The molecule has 10 heavy (non-hydrogen) atoms. The van der Waals surface area contributed by atoms with Crippen molar-refractivity contribution in [2.45, 2.75) is 13.8 Å². The molecule has 0 aromatic heterocycles. The summed E-state index contributed by atoms with van der Waals surface area (Å²) >= 11 is 11.7. The fourth-order valence-electron chi connectivity index (χ4n) is 0.772. The topological polar surface area (TPSA) is 0 Å². The van der Waals surface area contributed by atoms with Crippen LogP contribution in [-0.2, 0) is 0 Å². The second kappa shape index (κ2) is 2.81. The summed E-state index contributed by atoms with van der Waals surface area (Å²) < 4.78 is 0. The maximum atomic E-state index is 5.83. The zero-order valence-electron chi connectivity index (χ0n) is 5.91. The molecule has 0 spiro atoms. The Morgan fingerprint density at radius 2 is 1.40 bits per heavy atom. The van der Waals surface area contributed by atoms with Crippen molar-refractivity contribution in [2.24, 2.45) is 0 Å². The number of hydrogen-bond acceptors (Lipinski definition) is 0. The number of hydrogen-bond donors (Lipinski definition) is 0. The lowest BCUT2D eigenvalue weighted by Crippen LogP contribution is -1.79. The van der Waals surface area contributed by atoms with E-state index in [1.54, 1.807) is 0 Å². The van der Waals surface area contributed by atoms with Gasteiger partial charge >= 0.3 is 0 Å². The fraction of sp³-hybridized carbons (Fsp3) is 0.250. The van der Waals surface area contributed by atoms with Gasteiger partial charge in [0.1, 0.15) is 0 Å². The minimum Gasteiger partial charge on any atom is -0.0840 e. The van der Waals surface area contributed by atoms with E-state index in [4.69, 9.17) is 23.2 Å². The largest absolute Gasteiger partial charge is 0.0840 e. The van der Waals surface area contributed by atoms with Crippen molar-refractivity contribution in [1.29, 1.82) is 0 Å². The molecule has 0 saturated heterocycles. The number of aryl methyl sites for hydroxylation is 1. The number of halogens is 2. The zero-order chi connectivity index (χ0) is 7.72. The molecule has 0 amide bonds. The minimum absolute atomic E-state index is 0.741. The Balaban J connectivity index is 3.31. The molecule has 1 rings (SSSR count). The van der Waals surface area contributed by atoms with Crippen molar-refractivity contribution in [3.05, 3.63) is 33.3 Å². The summed E-state index contributed by atoms with van der Waals surface area (Å²) in [5.74, 6) is 0. The fourth-order valence-corrected chi connectivity index (χ4v) is 1.37. The van der Waals surface area contributed by atoms with Crippen LogP contribution in [0.2, 0.25) is 10.0 Å². The minimum atomic E-state index is 0.741. The first kappa shape index (κ1) is 7.90. The van der Waals surface area contributed by atoms with Gasteiger partial charge in [0, 0.05) is 10.0 Å². The molecule has 0 bridgehead atoms. The molecular formula is C8H8Cl2. The Kier molecular flexibility index (Phi) is 2.22. The van der Waals surface area contributed by atoms with E-state index in [9.17, 15) is 0 Å². The predicted octanol–water partition coefficient (Wildman–Crippen LogP) is 3.61. The van der Waals surface area contributed by atoms with E-state index in [2.05, 4.69) is 0 Å². The van der Waals surface area contributed by atoms with E-state index in [1.807, 2.05) is 26.0 Å². The molecular weight excluding hydrogens is 167 g/mol. The van der Waals surface area contributed by atoms with E-state index in [1.165, 1.54) is 0 Å². The van der Waals surface area contributed by atoms with Crippen LogP contribution in [0.4, 0.5) is 0 Å². The van der Waals surface area contributed by atoms with Gasteiger partial charge in [-0.25, -0.2) is 0 Å². The summed E-state index contributed by atoms with van der Waals surface area (Å²) in [4.78, 5) is 0. The SMILES string of the molecule is Cc1cc(Cl)c(C)c(Cl)c1. The lowest BCUT2D eigenvalue weighted by atomic mass is 10.2. The molecule has 1 aromatic carbocycles. The Morgan fingerprint density at radius 1 is 1.00 bits per heavy atom. The van der Waals surface area contributed by atoms with Gasteiger partial charge in [-0.2, -0.15) is 0 Å². The Morgan fingerprint density at radius 3 is 1.80 bits per heavy atom. The summed E-state index contributed by atoms with van der Waals surface area (Å²) in [5.41, 5.74) is 2.05. The van der Waals surface area contributed by atoms with Crippen LogP contribution in [0, 0.1) is 13.8 Å². The molecule has 0 atom stereocenters. The van der Waals surface area contributed by atoms with Crippen LogP contribution in [0.25, 0.3) is 0 Å². The maximum absolute atomic E-state index is 5.83. The van der Waals surface area contributed by atoms with Crippen molar-refractivity contribution in [3.63, 3.8) is 0 Å². The van der Waals surface area contributed by atoms with E-state index >= 15 is 0 Å². The summed E-state index contributed by atoms with van der Waals surface area (Å²) in [7, 11) is 0. The highest BCUT2D eigenvalue weighted by atomic mass is 35.5. The third kappa shape index (κ3) is 1.44. The van der Waals surface area contributed by atoms with Crippen LogP contribution in [-0.4, -0.2) is 0 Å². The van der Waals surface area contributed by atoms with Crippen molar-refractivity contribution in [3.8, 4) is 0 Å².